The fourth-order valence-electron chi connectivity index (χ4n) is 1.84. The van der Waals surface area contributed by atoms with E-state index in [4.69, 9.17) is 14.9 Å². The first kappa shape index (κ1) is 20.8. The van der Waals surface area contributed by atoms with Gasteiger partial charge in [0.05, 0.1) is 17.3 Å². The number of benzene rings is 1. The largest absolute Gasteiger partial charge is 0.482 e. The third-order valence-corrected chi connectivity index (χ3v) is 4.76. The summed E-state index contributed by atoms with van der Waals surface area (Å²) in [5.41, 5.74) is 0.113. The van der Waals surface area contributed by atoms with Gasteiger partial charge in [0.15, 0.2) is 0 Å². The van der Waals surface area contributed by atoms with E-state index in [-0.39, 0.29) is 17.5 Å². The van der Waals surface area contributed by atoms with Crippen LogP contribution in [0.5, 0.6) is 0 Å². The normalized spacial score (nSPS) is 13.5. The highest BCUT2D eigenvalue weighted by Crippen LogP contribution is 2.36. The van der Waals surface area contributed by atoms with E-state index in [9.17, 15) is 22.8 Å². The molecule has 0 saturated heterocycles. The van der Waals surface area contributed by atoms with E-state index in [1.54, 1.807) is 0 Å². The number of carboxylic acids is 1. The lowest BCUT2D eigenvalue weighted by molar-refractivity contribution is 0.0696. The number of sulfonamides is 1. The number of hydrogen-bond acceptors (Lipinski definition) is 6. The van der Waals surface area contributed by atoms with Gasteiger partial charge in [0.1, 0.15) is 0 Å². The van der Waals surface area contributed by atoms with Gasteiger partial charge in [-0.15, -0.1) is 0 Å². The smallest absolute Gasteiger partial charge is 0.478 e. The number of rotatable bonds is 9. The standard InChI is InChI=1S/C11H17BNO9PS/c1-2-10(12(16)22-23(17,18)19)13-24(20,21)7-8-4-3-5-9(6-8)11(14)15/h3-6,10,13,16H,2,7H2,1H3,(H,14,15)(H2,17,18,19)/t10-/m1/s1. The number of carbonyl (C=O) groups is 1. The molecule has 0 unspecified atom stereocenters. The molecule has 10 nitrogen and oxygen atoms in total. The molecule has 0 saturated carbocycles. The predicted octanol–water partition coefficient (Wildman–Crippen LogP) is -0.288. The summed E-state index contributed by atoms with van der Waals surface area (Å²) in [6.45, 7) is 1.48. The molecule has 134 valence electrons. The van der Waals surface area contributed by atoms with Crippen LogP contribution in [-0.2, 0) is 24.8 Å². The van der Waals surface area contributed by atoms with Crippen LogP contribution in [0.1, 0.15) is 29.3 Å². The van der Waals surface area contributed by atoms with Crippen molar-refractivity contribution in [1.29, 1.82) is 0 Å². The minimum atomic E-state index is -4.99. The predicted molar refractivity (Wildman–Crippen MR) is 84.3 cm³/mol. The Morgan fingerprint density at radius 1 is 1.42 bits per heavy atom. The lowest BCUT2D eigenvalue weighted by atomic mass is 9.79. The lowest BCUT2D eigenvalue weighted by Gasteiger charge is -2.19. The van der Waals surface area contributed by atoms with Gasteiger partial charge in [0, 0.05) is 0 Å². The van der Waals surface area contributed by atoms with Crippen molar-refractivity contribution in [2.45, 2.75) is 25.0 Å². The molecule has 1 aromatic rings. The van der Waals surface area contributed by atoms with Crippen LogP contribution in [0.15, 0.2) is 24.3 Å². The summed E-state index contributed by atoms with van der Waals surface area (Å²) >= 11 is 0. The lowest BCUT2D eigenvalue weighted by Crippen LogP contribution is -2.47. The molecule has 0 bridgehead atoms. The summed E-state index contributed by atoms with van der Waals surface area (Å²) < 4.78 is 41.0. The van der Waals surface area contributed by atoms with E-state index in [0.29, 0.717) is 0 Å². The zero-order valence-corrected chi connectivity index (χ0v) is 14.3. The van der Waals surface area contributed by atoms with Crippen molar-refractivity contribution in [3.8, 4) is 0 Å². The van der Waals surface area contributed by atoms with Gasteiger partial charge < -0.3 is 24.4 Å². The van der Waals surface area contributed by atoms with Crippen LogP contribution in [0.3, 0.4) is 0 Å². The summed E-state index contributed by atoms with van der Waals surface area (Å²) in [5, 5.41) is 18.5. The second-order valence-corrected chi connectivity index (χ2v) is 7.83. The molecule has 0 fully saturated rings. The summed E-state index contributed by atoms with van der Waals surface area (Å²) in [5.74, 6) is -3.07. The van der Waals surface area contributed by atoms with Crippen LogP contribution >= 0.6 is 7.82 Å². The van der Waals surface area contributed by atoms with Crippen LogP contribution in [0.2, 0.25) is 0 Å². The van der Waals surface area contributed by atoms with E-state index in [1.807, 2.05) is 0 Å². The Bertz CT molecular complexity index is 735. The molecule has 0 aliphatic heterocycles. The summed E-state index contributed by atoms with van der Waals surface area (Å²) in [7, 11) is -11.1. The zero-order valence-electron chi connectivity index (χ0n) is 12.6. The van der Waals surface area contributed by atoms with Crippen molar-refractivity contribution in [2.75, 3.05) is 0 Å². The van der Waals surface area contributed by atoms with Crippen LogP contribution in [0.25, 0.3) is 0 Å². The minimum Gasteiger partial charge on any atom is -0.478 e. The minimum absolute atomic E-state index is 0.00440. The molecule has 24 heavy (non-hydrogen) atoms. The summed E-state index contributed by atoms with van der Waals surface area (Å²) in [4.78, 5) is 28.2. The van der Waals surface area contributed by atoms with Gasteiger partial charge in [-0.1, -0.05) is 19.1 Å². The van der Waals surface area contributed by atoms with E-state index < -0.39 is 42.6 Å². The van der Waals surface area contributed by atoms with Gasteiger partial charge in [-0.25, -0.2) is 22.5 Å². The van der Waals surface area contributed by atoms with Crippen LogP contribution in [0, 0.1) is 0 Å². The molecule has 0 aliphatic rings. The highest BCUT2D eigenvalue weighted by atomic mass is 32.2. The Balaban J connectivity index is 2.86. The first-order valence-corrected chi connectivity index (χ1v) is 9.86. The Hall–Kier alpha value is -1.27. The molecule has 1 aromatic carbocycles. The molecule has 0 radical (unpaired) electrons. The van der Waals surface area contributed by atoms with Gasteiger partial charge in [0.2, 0.25) is 10.0 Å². The molecule has 0 aromatic heterocycles. The SMILES string of the molecule is CC[C@@H](NS(=O)(=O)Cc1cccc(C(=O)O)c1)B(O)OP(=O)(O)O. The molecule has 13 heteroatoms. The number of hydrogen-bond donors (Lipinski definition) is 5. The van der Waals surface area contributed by atoms with Gasteiger partial charge in [-0.2, -0.15) is 0 Å². The maximum Gasteiger partial charge on any atom is 0.482 e. The topological polar surface area (TPSA) is 170 Å². The third-order valence-electron chi connectivity index (χ3n) is 2.89. The molecule has 0 amide bonds. The first-order chi connectivity index (χ1) is 10.9. The van der Waals surface area contributed by atoms with E-state index >= 15 is 0 Å². The second kappa shape index (κ2) is 8.21. The number of nitrogens with one attached hydrogen (secondary N) is 1. The second-order valence-electron chi connectivity index (χ2n) is 4.88. The van der Waals surface area contributed by atoms with E-state index in [2.05, 4.69) is 9.16 Å². The Morgan fingerprint density at radius 3 is 2.54 bits per heavy atom. The van der Waals surface area contributed by atoms with Crippen molar-refractivity contribution in [1.82, 2.24) is 4.72 Å². The maximum atomic E-state index is 12.1. The highest BCUT2D eigenvalue weighted by molar-refractivity contribution is 7.88. The summed E-state index contributed by atoms with van der Waals surface area (Å²) in [6, 6.07) is 5.29. The molecule has 1 rings (SSSR count). The zero-order chi connectivity index (χ0) is 18.5. The van der Waals surface area contributed by atoms with Crippen LogP contribution in [-0.4, -0.2) is 47.4 Å². The molecule has 0 spiro atoms. The van der Waals surface area contributed by atoms with Gasteiger partial charge >= 0.3 is 20.9 Å². The third kappa shape index (κ3) is 7.10. The number of aromatic carboxylic acids is 1. The average molecular weight is 381 g/mol. The van der Waals surface area contributed by atoms with Crippen molar-refractivity contribution in [2.24, 2.45) is 0 Å². The van der Waals surface area contributed by atoms with E-state index in [1.165, 1.54) is 31.2 Å². The number of carboxylic acid groups (broad SMARTS) is 1. The highest BCUT2D eigenvalue weighted by Gasteiger charge is 2.35. The van der Waals surface area contributed by atoms with Crippen molar-refractivity contribution >= 4 is 30.9 Å². The molecule has 1 atom stereocenters. The fourth-order valence-corrected chi connectivity index (χ4v) is 3.72. The fraction of sp³-hybridized carbons (Fsp3) is 0.364. The maximum absolute atomic E-state index is 12.1. The Morgan fingerprint density at radius 2 is 2.04 bits per heavy atom. The molecule has 5 N–H and O–H groups in total. The Labute approximate surface area is 138 Å². The Kier molecular flexibility index (Phi) is 7.11. The van der Waals surface area contributed by atoms with Crippen molar-refractivity contribution in [3.05, 3.63) is 35.4 Å². The van der Waals surface area contributed by atoms with Crippen LogP contribution in [0.4, 0.5) is 0 Å². The van der Waals surface area contributed by atoms with Gasteiger partial charge in [-0.3, -0.25) is 0 Å². The first-order valence-electron chi connectivity index (χ1n) is 6.68. The molecular formula is C11H17BNO9PS. The number of phosphoric acid groups is 1. The van der Waals surface area contributed by atoms with Gasteiger partial charge in [0.25, 0.3) is 0 Å². The summed E-state index contributed by atoms with van der Waals surface area (Å²) in [6.07, 6.45) is -0.00440. The molecule has 0 aliphatic carbocycles. The van der Waals surface area contributed by atoms with Crippen LogP contribution < -0.4 is 4.72 Å². The van der Waals surface area contributed by atoms with Crippen molar-refractivity contribution in [3.63, 3.8) is 0 Å². The quantitative estimate of drug-likeness (QED) is 0.285. The molecule has 0 heterocycles. The van der Waals surface area contributed by atoms with Gasteiger partial charge in [-0.05, 0) is 24.1 Å². The van der Waals surface area contributed by atoms with Crippen molar-refractivity contribution < 1.29 is 42.1 Å². The van der Waals surface area contributed by atoms with E-state index in [0.717, 1.165) is 0 Å². The molecular weight excluding hydrogens is 364 g/mol. The average Bonchev–Trinajstić information content (AvgIpc) is 2.42. The monoisotopic (exact) mass is 381 g/mol.